The first-order chi connectivity index (χ1) is 10.1. The highest BCUT2D eigenvalue weighted by molar-refractivity contribution is 5.41. The number of rotatable bonds is 6. The number of benzene rings is 2. The lowest BCUT2D eigenvalue weighted by atomic mass is 10.1. The largest absolute Gasteiger partial charge is 0.504 e. The summed E-state index contributed by atoms with van der Waals surface area (Å²) in [5.41, 5.74) is 2.16. The highest BCUT2D eigenvalue weighted by Crippen LogP contribution is 2.26. The van der Waals surface area contributed by atoms with Crippen LogP contribution in [0.15, 0.2) is 42.5 Å². The molecule has 2 N–H and O–H groups in total. The van der Waals surface area contributed by atoms with Gasteiger partial charge in [-0.3, -0.25) is 0 Å². The van der Waals surface area contributed by atoms with Crippen LogP contribution in [0.5, 0.6) is 17.2 Å². The zero-order chi connectivity index (χ0) is 15.2. The Hall–Kier alpha value is -2.20. The van der Waals surface area contributed by atoms with Gasteiger partial charge in [0.2, 0.25) is 0 Å². The molecule has 21 heavy (non-hydrogen) atoms. The van der Waals surface area contributed by atoms with Crippen LogP contribution >= 0.6 is 0 Å². The second kappa shape index (κ2) is 6.99. The lowest BCUT2D eigenvalue weighted by Crippen LogP contribution is -2.18. The average Bonchev–Trinajstić information content (AvgIpc) is 2.52. The molecule has 0 aromatic heterocycles. The monoisotopic (exact) mass is 287 g/mol. The van der Waals surface area contributed by atoms with Gasteiger partial charge in [-0.2, -0.15) is 0 Å². The van der Waals surface area contributed by atoms with E-state index in [-0.39, 0.29) is 11.8 Å². The van der Waals surface area contributed by atoms with E-state index < -0.39 is 0 Å². The molecule has 0 unspecified atom stereocenters. The molecule has 1 atom stereocenters. The highest BCUT2D eigenvalue weighted by Gasteiger charge is 2.07. The fraction of sp³-hybridized carbons (Fsp3) is 0.294. The fourth-order valence-corrected chi connectivity index (χ4v) is 2.15. The molecular weight excluding hydrogens is 266 g/mol. The molecule has 0 amide bonds. The molecule has 0 fully saturated rings. The van der Waals surface area contributed by atoms with E-state index in [9.17, 15) is 5.11 Å². The Morgan fingerprint density at radius 1 is 1.10 bits per heavy atom. The van der Waals surface area contributed by atoms with Gasteiger partial charge < -0.3 is 19.9 Å². The second-order valence-electron chi connectivity index (χ2n) is 4.89. The maximum absolute atomic E-state index is 9.77. The number of hydrogen-bond donors (Lipinski definition) is 2. The zero-order valence-electron chi connectivity index (χ0n) is 12.6. The van der Waals surface area contributed by atoms with Gasteiger partial charge in [-0.15, -0.1) is 0 Å². The molecule has 0 radical (unpaired) electrons. The van der Waals surface area contributed by atoms with Crippen LogP contribution in [0.25, 0.3) is 0 Å². The third-order valence-electron chi connectivity index (χ3n) is 3.45. The number of nitrogens with one attached hydrogen (secondary N) is 1. The van der Waals surface area contributed by atoms with Crippen LogP contribution in [-0.2, 0) is 6.54 Å². The third kappa shape index (κ3) is 3.89. The number of phenols is 1. The molecule has 2 aromatic carbocycles. The molecule has 0 spiro atoms. The van der Waals surface area contributed by atoms with E-state index in [0.717, 1.165) is 16.9 Å². The SMILES string of the molecule is COc1cccc([C@@H](C)NCc2ccc(OC)c(O)c2)c1. The first-order valence-electron chi connectivity index (χ1n) is 6.87. The summed E-state index contributed by atoms with van der Waals surface area (Å²) in [6.07, 6.45) is 0. The van der Waals surface area contributed by atoms with Gasteiger partial charge >= 0.3 is 0 Å². The van der Waals surface area contributed by atoms with Crippen LogP contribution in [0.3, 0.4) is 0 Å². The topological polar surface area (TPSA) is 50.7 Å². The summed E-state index contributed by atoms with van der Waals surface area (Å²) in [6.45, 7) is 2.76. The van der Waals surface area contributed by atoms with Crippen molar-refractivity contribution in [3.05, 3.63) is 53.6 Å². The molecule has 0 heterocycles. The normalized spacial score (nSPS) is 12.0. The van der Waals surface area contributed by atoms with Crippen molar-refractivity contribution in [1.29, 1.82) is 0 Å². The van der Waals surface area contributed by atoms with Crippen LogP contribution in [0.2, 0.25) is 0 Å². The maximum Gasteiger partial charge on any atom is 0.160 e. The number of aromatic hydroxyl groups is 1. The molecular formula is C17H21NO3. The maximum atomic E-state index is 9.77. The van der Waals surface area contributed by atoms with Crippen LogP contribution in [0, 0.1) is 0 Å². The van der Waals surface area contributed by atoms with Gasteiger partial charge in [0.15, 0.2) is 11.5 Å². The van der Waals surface area contributed by atoms with Gasteiger partial charge in [0.1, 0.15) is 5.75 Å². The number of hydrogen-bond acceptors (Lipinski definition) is 4. The second-order valence-corrected chi connectivity index (χ2v) is 4.89. The lowest BCUT2D eigenvalue weighted by Gasteiger charge is -2.15. The Balaban J connectivity index is 2.00. The molecule has 112 valence electrons. The van der Waals surface area contributed by atoms with Crippen molar-refractivity contribution in [3.8, 4) is 17.2 Å². The standard InChI is InChI=1S/C17H21NO3/c1-12(14-5-4-6-15(10-14)20-2)18-11-13-7-8-17(21-3)16(19)9-13/h4-10,12,18-19H,11H2,1-3H3/t12-/m1/s1. The minimum atomic E-state index is 0.158. The molecule has 0 saturated carbocycles. The highest BCUT2D eigenvalue weighted by atomic mass is 16.5. The quantitative estimate of drug-likeness (QED) is 0.856. The minimum absolute atomic E-state index is 0.158. The Kier molecular flexibility index (Phi) is 5.06. The zero-order valence-corrected chi connectivity index (χ0v) is 12.6. The van der Waals surface area contributed by atoms with E-state index >= 15 is 0 Å². The molecule has 2 aromatic rings. The van der Waals surface area contributed by atoms with E-state index in [0.29, 0.717) is 12.3 Å². The van der Waals surface area contributed by atoms with E-state index in [1.807, 2.05) is 24.3 Å². The molecule has 4 nitrogen and oxygen atoms in total. The smallest absolute Gasteiger partial charge is 0.160 e. The van der Waals surface area contributed by atoms with Crippen molar-refractivity contribution >= 4 is 0 Å². The molecule has 4 heteroatoms. The predicted octanol–water partition coefficient (Wildman–Crippen LogP) is 3.26. The van der Waals surface area contributed by atoms with Crippen LogP contribution in [0.1, 0.15) is 24.1 Å². The fourth-order valence-electron chi connectivity index (χ4n) is 2.15. The summed E-state index contributed by atoms with van der Waals surface area (Å²) in [6, 6.07) is 13.6. The Morgan fingerprint density at radius 3 is 2.57 bits per heavy atom. The number of methoxy groups -OCH3 is 2. The molecule has 0 aliphatic heterocycles. The Morgan fingerprint density at radius 2 is 1.90 bits per heavy atom. The molecule has 0 bridgehead atoms. The van der Waals surface area contributed by atoms with Gasteiger partial charge in [0.05, 0.1) is 14.2 Å². The summed E-state index contributed by atoms with van der Waals surface area (Å²) >= 11 is 0. The predicted molar refractivity (Wildman–Crippen MR) is 82.9 cm³/mol. The van der Waals surface area contributed by atoms with E-state index in [1.165, 1.54) is 7.11 Å². The van der Waals surface area contributed by atoms with Crippen molar-refractivity contribution in [2.24, 2.45) is 0 Å². The van der Waals surface area contributed by atoms with Gasteiger partial charge in [0.25, 0.3) is 0 Å². The van der Waals surface area contributed by atoms with Gasteiger partial charge in [0, 0.05) is 12.6 Å². The molecule has 2 rings (SSSR count). The van der Waals surface area contributed by atoms with Crippen molar-refractivity contribution in [2.45, 2.75) is 19.5 Å². The molecule has 0 aliphatic carbocycles. The summed E-state index contributed by atoms with van der Waals surface area (Å²) in [4.78, 5) is 0. The van der Waals surface area contributed by atoms with Gasteiger partial charge in [-0.1, -0.05) is 18.2 Å². The van der Waals surface area contributed by atoms with Gasteiger partial charge in [-0.05, 0) is 42.3 Å². The molecule has 0 saturated heterocycles. The molecule has 0 aliphatic rings. The summed E-state index contributed by atoms with van der Waals surface area (Å²) < 4.78 is 10.3. The lowest BCUT2D eigenvalue weighted by molar-refractivity contribution is 0.373. The van der Waals surface area contributed by atoms with E-state index in [2.05, 4.69) is 18.3 Å². The first kappa shape index (κ1) is 15.2. The van der Waals surface area contributed by atoms with Crippen molar-refractivity contribution in [1.82, 2.24) is 5.32 Å². The van der Waals surface area contributed by atoms with Crippen LogP contribution in [0.4, 0.5) is 0 Å². The van der Waals surface area contributed by atoms with E-state index in [1.54, 1.807) is 19.2 Å². The minimum Gasteiger partial charge on any atom is -0.504 e. The van der Waals surface area contributed by atoms with Gasteiger partial charge in [-0.25, -0.2) is 0 Å². The van der Waals surface area contributed by atoms with E-state index in [4.69, 9.17) is 9.47 Å². The average molecular weight is 287 g/mol. The Labute approximate surface area is 125 Å². The Bertz CT molecular complexity index is 598. The first-order valence-corrected chi connectivity index (χ1v) is 6.87. The van der Waals surface area contributed by atoms with Crippen molar-refractivity contribution in [3.63, 3.8) is 0 Å². The summed E-state index contributed by atoms with van der Waals surface area (Å²) in [7, 11) is 3.20. The van der Waals surface area contributed by atoms with Crippen molar-refractivity contribution in [2.75, 3.05) is 14.2 Å². The van der Waals surface area contributed by atoms with Crippen LogP contribution < -0.4 is 14.8 Å². The summed E-state index contributed by atoms with van der Waals surface area (Å²) in [5.74, 6) is 1.49. The third-order valence-corrected chi connectivity index (χ3v) is 3.45. The number of phenolic OH excluding ortho intramolecular Hbond substituents is 1. The number of ether oxygens (including phenoxy) is 2. The van der Waals surface area contributed by atoms with Crippen molar-refractivity contribution < 1.29 is 14.6 Å². The van der Waals surface area contributed by atoms with Crippen LogP contribution in [-0.4, -0.2) is 19.3 Å². The summed E-state index contributed by atoms with van der Waals surface area (Å²) in [5, 5.41) is 13.2.